The van der Waals surface area contributed by atoms with E-state index in [0.717, 1.165) is 38.3 Å². The molecule has 1 unspecified atom stereocenters. The van der Waals surface area contributed by atoms with Crippen LogP contribution in [0.15, 0.2) is 0 Å². The molecule has 124 valence electrons. The van der Waals surface area contributed by atoms with E-state index in [1.807, 2.05) is 0 Å². The van der Waals surface area contributed by atoms with Gasteiger partial charge in [-0.3, -0.25) is 4.90 Å². The molecule has 3 heteroatoms. The van der Waals surface area contributed by atoms with Gasteiger partial charge in [0.05, 0.1) is 6.61 Å². The number of nitrogens with zero attached hydrogens (tertiary/aromatic N) is 1. The van der Waals surface area contributed by atoms with Crippen molar-refractivity contribution in [2.24, 2.45) is 11.3 Å². The number of nitrogens with one attached hydrogen (secondary N) is 1. The van der Waals surface area contributed by atoms with Crippen LogP contribution in [-0.4, -0.2) is 50.3 Å². The van der Waals surface area contributed by atoms with E-state index in [0.29, 0.717) is 5.41 Å². The number of rotatable bonds is 10. The molecular formula is C18H36N2O. The van der Waals surface area contributed by atoms with Gasteiger partial charge in [-0.05, 0) is 57.5 Å². The first-order valence-corrected chi connectivity index (χ1v) is 9.18. The third kappa shape index (κ3) is 5.88. The summed E-state index contributed by atoms with van der Waals surface area (Å²) < 4.78 is 5.88. The van der Waals surface area contributed by atoms with E-state index >= 15 is 0 Å². The molecule has 0 aromatic heterocycles. The van der Waals surface area contributed by atoms with E-state index < -0.39 is 0 Å². The van der Waals surface area contributed by atoms with Gasteiger partial charge < -0.3 is 10.1 Å². The molecule has 0 aromatic rings. The summed E-state index contributed by atoms with van der Waals surface area (Å²) in [5, 5.41) is 3.67. The van der Waals surface area contributed by atoms with Crippen molar-refractivity contribution in [3.63, 3.8) is 0 Å². The molecular weight excluding hydrogens is 260 g/mol. The zero-order chi connectivity index (χ0) is 15.1. The van der Waals surface area contributed by atoms with Crippen LogP contribution >= 0.6 is 0 Å². The average molecular weight is 296 g/mol. The first kappa shape index (κ1) is 17.2. The second-order valence-electron chi connectivity index (χ2n) is 7.72. The van der Waals surface area contributed by atoms with Crippen LogP contribution in [0.2, 0.25) is 0 Å². The van der Waals surface area contributed by atoms with Gasteiger partial charge in [-0.15, -0.1) is 0 Å². The maximum absolute atomic E-state index is 5.88. The van der Waals surface area contributed by atoms with Crippen LogP contribution in [0.5, 0.6) is 0 Å². The van der Waals surface area contributed by atoms with Crippen LogP contribution in [-0.2, 0) is 4.74 Å². The number of hydrogen-bond donors (Lipinski definition) is 1. The van der Waals surface area contributed by atoms with Crippen molar-refractivity contribution in [2.75, 3.05) is 39.4 Å². The highest BCUT2D eigenvalue weighted by molar-refractivity contribution is 4.92. The summed E-state index contributed by atoms with van der Waals surface area (Å²) >= 11 is 0. The van der Waals surface area contributed by atoms with Gasteiger partial charge >= 0.3 is 0 Å². The molecule has 0 spiro atoms. The van der Waals surface area contributed by atoms with Crippen molar-refractivity contribution in [1.82, 2.24) is 10.2 Å². The summed E-state index contributed by atoms with van der Waals surface area (Å²) in [6.45, 7) is 13.6. The Morgan fingerprint density at radius 2 is 2.14 bits per heavy atom. The van der Waals surface area contributed by atoms with E-state index in [1.165, 1.54) is 51.6 Å². The lowest BCUT2D eigenvalue weighted by atomic mass is 9.81. The van der Waals surface area contributed by atoms with E-state index in [9.17, 15) is 0 Å². The van der Waals surface area contributed by atoms with Crippen LogP contribution in [0.25, 0.3) is 0 Å². The minimum absolute atomic E-state index is 0.354. The summed E-state index contributed by atoms with van der Waals surface area (Å²) in [6, 6.07) is 0.869. The summed E-state index contributed by atoms with van der Waals surface area (Å²) in [5.41, 5.74) is 0.354. The van der Waals surface area contributed by atoms with Gasteiger partial charge in [-0.25, -0.2) is 0 Å². The van der Waals surface area contributed by atoms with Gasteiger partial charge in [0.15, 0.2) is 0 Å². The van der Waals surface area contributed by atoms with Gasteiger partial charge in [0.2, 0.25) is 0 Å². The molecule has 0 radical (unpaired) electrons. The smallest absolute Gasteiger partial charge is 0.0546 e. The zero-order valence-corrected chi connectivity index (χ0v) is 14.5. The molecule has 1 aliphatic carbocycles. The molecule has 3 nitrogen and oxygen atoms in total. The lowest BCUT2D eigenvalue weighted by molar-refractivity contribution is -0.0280. The molecule has 21 heavy (non-hydrogen) atoms. The first-order chi connectivity index (χ1) is 10.2. The molecule has 1 heterocycles. The predicted octanol–water partition coefficient (Wildman–Crippen LogP) is 3.29. The van der Waals surface area contributed by atoms with Crippen molar-refractivity contribution < 1.29 is 4.74 Å². The Bertz CT molecular complexity index is 283. The fourth-order valence-corrected chi connectivity index (χ4v) is 3.45. The molecule has 0 bridgehead atoms. The van der Waals surface area contributed by atoms with E-state index in [4.69, 9.17) is 4.74 Å². The standard InChI is InChI=1S/C18H36N2O/c1-4-10-19-13-18(9-5-12-21-15-18)14-20(17-6-7-17)11-8-16(2)3/h16-17,19H,4-15H2,1-3H3. The van der Waals surface area contributed by atoms with Crippen molar-refractivity contribution in [3.05, 3.63) is 0 Å². The van der Waals surface area contributed by atoms with Crippen LogP contribution in [0.4, 0.5) is 0 Å². The quantitative estimate of drug-likeness (QED) is 0.626. The van der Waals surface area contributed by atoms with Crippen LogP contribution in [0, 0.1) is 11.3 Å². The van der Waals surface area contributed by atoms with Gasteiger partial charge in [-0.1, -0.05) is 20.8 Å². The first-order valence-electron chi connectivity index (χ1n) is 9.18. The summed E-state index contributed by atoms with van der Waals surface area (Å²) in [5.74, 6) is 0.808. The molecule has 0 aromatic carbocycles. The van der Waals surface area contributed by atoms with Gasteiger partial charge in [0.25, 0.3) is 0 Å². The number of ether oxygens (including phenoxy) is 1. The second kappa shape index (κ2) is 8.50. The Balaban J connectivity index is 1.90. The molecule has 2 fully saturated rings. The van der Waals surface area contributed by atoms with Crippen LogP contribution < -0.4 is 5.32 Å². The van der Waals surface area contributed by atoms with E-state index in [2.05, 4.69) is 31.0 Å². The van der Waals surface area contributed by atoms with Crippen molar-refractivity contribution >= 4 is 0 Å². The monoisotopic (exact) mass is 296 g/mol. The van der Waals surface area contributed by atoms with Crippen LogP contribution in [0.3, 0.4) is 0 Å². The predicted molar refractivity (Wildman–Crippen MR) is 89.7 cm³/mol. The molecule has 1 atom stereocenters. The van der Waals surface area contributed by atoms with Crippen molar-refractivity contribution in [1.29, 1.82) is 0 Å². The van der Waals surface area contributed by atoms with Crippen molar-refractivity contribution in [3.8, 4) is 0 Å². The topological polar surface area (TPSA) is 24.5 Å². The minimum Gasteiger partial charge on any atom is -0.381 e. The molecule has 2 aliphatic rings. The molecule has 1 saturated heterocycles. The Morgan fingerprint density at radius 1 is 1.33 bits per heavy atom. The normalized spacial score (nSPS) is 26.7. The fourth-order valence-electron chi connectivity index (χ4n) is 3.45. The highest BCUT2D eigenvalue weighted by Gasteiger charge is 2.38. The average Bonchev–Trinajstić information content (AvgIpc) is 3.29. The lowest BCUT2D eigenvalue weighted by Crippen LogP contribution is -2.50. The van der Waals surface area contributed by atoms with E-state index in [-0.39, 0.29) is 0 Å². The Kier molecular flexibility index (Phi) is 6.97. The zero-order valence-electron chi connectivity index (χ0n) is 14.5. The van der Waals surface area contributed by atoms with Crippen molar-refractivity contribution in [2.45, 2.75) is 65.3 Å². The van der Waals surface area contributed by atoms with Gasteiger partial charge in [-0.2, -0.15) is 0 Å². The Hall–Kier alpha value is -0.120. The summed E-state index contributed by atoms with van der Waals surface area (Å²) in [7, 11) is 0. The second-order valence-corrected chi connectivity index (χ2v) is 7.72. The Labute approximate surface area is 131 Å². The molecule has 2 rings (SSSR count). The molecule has 0 amide bonds. The molecule has 1 aliphatic heterocycles. The van der Waals surface area contributed by atoms with Gasteiger partial charge in [0.1, 0.15) is 0 Å². The largest absolute Gasteiger partial charge is 0.381 e. The maximum Gasteiger partial charge on any atom is 0.0546 e. The number of hydrogen-bond acceptors (Lipinski definition) is 3. The van der Waals surface area contributed by atoms with Crippen LogP contribution in [0.1, 0.15) is 59.3 Å². The highest BCUT2D eigenvalue weighted by Crippen LogP contribution is 2.34. The fraction of sp³-hybridized carbons (Fsp3) is 1.00. The highest BCUT2D eigenvalue weighted by atomic mass is 16.5. The summed E-state index contributed by atoms with van der Waals surface area (Å²) in [4.78, 5) is 2.78. The third-order valence-electron chi connectivity index (χ3n) is 4.93. The molecule has 1 N–H and O–H groups in total. The third-order valence-corrected chi connectivity index (χ3v) is 4.93. The maximum atomic E-state index is 5.88. The SMILES string of the molecule is CCCNCC1(CN(CCC(C)C)C2CC2)CCCOC1. The van der Waals surface area contributed by atoms with Gasteiger partial charge in [0, 0.05) is 31.2 Å². The summed E-state index contributed by atoms with van der Waals surface area (Å²) in [6.07, 6.45) is 7.94. The Morgan fingerprint density at radius 3 is 2.71 bits per heavy atom. The lowest BCUT2D eigenvalue weighted by Gasteiger charge is -2.41. The molecule has 1 saturated carbocycles. The van der Waals surface area contributed by atoms with E-state index in [1.54, 1.807) is 0 Å². The minimum atomic E-state index is 0.354.